The monoisotopic (exact) mass is 334 g/mol. The number of carbonyl (C=O) groups is 1. The van der Waals surface area contributed by atoms with Crippen molar-refractivity contribution in [3.8, 4) is 0 Å². The van der Waals surface area contributed by atoms with Crippen LogP contribution in [0.25, 0.3) is 10.9 Å². The molecule has 5 nitrogen and oxygen atoms in total. The molecule has 2 aromatic rings. The number of aromatic nitrogens is 1. The van der Waals surface area contributed by atoms with Gasteiger partial charge in [-0.25, -0.2) is 4.39 Å². The van der Waals surface area contributed by atoms with Gasteiger partial charge in [-0.1, -0.05) is 18.2 Å². The Bertz CT molecular complexity index is 701. The lowest BCUT2D eigenvalue weighted by molar-refractivity contribution is 0.0339. The number of ether oxygens (including phenoxy) is 2. The maximum absolute atomic E-state index is 13.1. The number of alkyl halides is 1. The van der Waals surface area contributed by atoms with Crippen LogP contribution in [-0.2, 0) is 16.0 Å². The molecule has 6 heteroatoms. The quantitative estimate of drug-likeness (QED) is 0.844. The molecule has 0 spiro atoms. The second kappa shape index (κ2) is 7.77. The Morgan fingerprint density at radius 2 is 2.25 bits per heavy atom. The number of halogens is 1. The topological polar surface area (TPSA) is 43.7 Å². The summed E-state index contributed by atoms with van der Waals surface area (Å²) in [7, 11) is 1.64. The van der Waals surface area contributed by atoms with Gasteiger partial charge in [0.05, 0.1) is 6.61 Å². The molecule has 0 aliphatic carbocycles. The zero-order chi connectivity index (χ0) is 16.9. The first kappa shape index (κ1) is 16.9. The predicted molar refractivity (Wildman–Crippen MR) is 90.0 cm³/mol. The maximum atomic E-state index is 13.1. The summed E-state index contributed by atoms with van der Waals surface area (Å²) in [6.07, 6.45) is 0.189. The van der Waals surface area contributed by atoms with Crippen LogP contribution in [0.15, 0.2) is 30.3 Å². The van der Waals surface area contributed by atoms with Crippen molar-refractivity contribution in [1.82, 2.24) is 9.47 Å². The summed E-state index contributed by atoms with van der Waals surface area (Å²) in [6, 6.07) is 9.81. The lowest BCUT2D eigenvalue weighted by Gasteiger charge is -2.23. The van der Waals surface area contributed by atoms with Crippen molar-refractivity contribution in [2.24, 2.45) is 0 Å². The summed E-state index contributed by atoms with van der Waals surface area (Å²) in [6.45, 7) is 1.92. The molecule has 1 unspecified atom stereocenters. The number of hydrogen-bond acceptors (Lipinski definition) is 3. The first-order valence-electron chi connectivity index (χ1n) is 8.28. The van der Waals surface area contributed by atoms with Crippen molar-refractivity contribution in [3.05, 3.63) is 36.0 Å². The fraction of sp³-hybridized carbons (Fsp3) is 0.500. The van der Waals surface area contributed by atoms with Crippen LogP contribution in [0.3, 0.4) is 0 Å². The molecule has 24 heavy (non-hydrogen) atoms. The molecular formula is C18H23FN2O3. The fourth-order valence-electron chi connectivity index (χ4n) is 3.15. The molecular weight excluding hydrogens is 311 g/mol. The van der Waals surface area contributed by atoms with Crippen LogP contribution in [0.5, 0.6) is 0 Å². The van der Waals surface area contributed by atoms with E-state index < -0.39 is 12.8 Å². The van der Waals surface area contributed by atoms with Crippen molar-refractivity contribution in [2.75, 3.05) is 40.1 Å². The molecule has 1 aromatic heterocycles. The second-order valence-corrected chi connectivity index (χ2v) is 5.98. The van der Waals surface area contributed by atoms with E-state index >= 15 is 0 Å². The van der Waals surface area contributed by atoms with E-state index in [4.69, 9.17) is 9.47 Å². The van der Waals surface area contributed by atoms with Crippen LogP contribution in [0.2, 0.25) is 0 Å². The number of nitrogens with zero attached hydrogens (tertiary/aromatic N) is 2. The third kappa shape index (κ3) is 3.44. The predicted octanol–water partition coefficient (Wildman–Crippen LogP) is 2.49. The van der Waals surface area contributed by atoms with Crippen LogP contribution in [-0.4, -0.2) is 61.6 Å². The molecule has 0 saturated carbocycles. The lowest BCUT2D eigenvalue weighted by atomic mass is 10.2. The highest BCUT2D eigenvalue weighted by Crippen LogP contribution is 2.22. The Morgan fingerprint density at radius 1 is 1.42 bits per heavy atom. The molecule has 0 bridgehead atoms. The summed E-state index contributed by atoms with van der Waals surface area (Å²) in [4.78, 5) is 14.8. The highest BCUT2D eigenvalue weighted by molar-refractivity contribution is 5.98. The Morgan fingerprint density at radius 3 is 3.04 bits per heavy atom. The third-order valence-corrected chi connectivity index (χ3v) is 4.36. The highest BCUT2D eigenvalue weighted by Gasteiger charge is 2.26. The van der Waals surface area contributed by atoms with E-state index in [0.717, 1.165) is 17.3 Å². The van der Waals surface area contributed by atoms with Crippen molar-refractivity contribution >= 4 is 16.8 Å². The van der Waals surface area contributed by atoms with Crippen molar-refractivity contribution in [3.63, 3.8) is 0 Å². The zero-order valence-corrected chi connectivity index (χ0v) is 13.9. The van der Waals surface area contributed by atoms with E-state index in [1.54, 1.807) is 12.0 Å². The summed E-state index contributed by atoms with van der Waals surface area (Å²) in [5.41, 5.74) is 1.62. The molecule has 2 heterocycles. The number of hydrogen-bond donors (Lipinski definition) is 0. The minimum Gasteiger partial charge on any atom is -0.383 e. The van der Waals surface area contributed by atoms with Gasteiger partial charge in [0.2, 0.25) is 0 Å². The van der Waals surface area contributed by atoms with Crippen LogP contribution in [0.4, 0.5) is 4.39 Å². The molecule has 3 rings (SSSR count). The maximum Gasteiger partial charge on any atom is 0.270 e. The Balaban J connectivity index is 1.93. The van der Waals surface area contributed by atoms with Gasteiger partial charge in [-0.2, -0.15) is 0 Å². The average molecular weight is 334 g/mol. The van der Waals surface area contributed by atoms with E-state index in [9.17, 15) is 9.18 Å². The number of rotatable bonds is 5. The molecule has 1 aromatic carbocycles. The van der Waals surface area contributed by atoms with Gasteiger partial charge in [-0.05, 0) is 18.6 Å². The summed E-state index contributed by atoms with van der Waals surface area (Å²) in [5, 5.41) is 1.02. The van der Waals surface area contributed by atoms with E-state index in [1.807, 2.05) is 34.9 Å². The normalized spacial score (nSPS) is 18.8. The van der Waals surface area contributed by atoms with Crippen molar-refractivity contribution < 1.29 is 18.7 Å². The van der Waals surface area contributed by atoms with Crippen LogP contribution in [0, 0.1) is 0 Å². The lowest BCUT2D eigenvalue weighted by Crippen LogP contribution is -2.38. The average Bonchev–Trinajstić information content (AvgIpc) is 2.80. The Labute approximate surface area is 140 Å². The van der Waals surface area contributed by atoms with Crippen LogP contribution < -0.4 is 0 Å². The molecule has 1 aliphatic rings. The van der Waals surface area contributed by atoms with Gasteiger partial charge >= 0.3 is 0 Å². The van der Waals surface area contributed by atoms with E-state index in [0.29, 0.717) is 38.5 Å². The van der Waals surface area contributed by atoms with Gasteiger partial charge in [-0.15, -0.1) is 0 Å². The zero-order valence-electron chi connectivity index (χ0n) is 13.9. The van der Waals surface area contributed by atoms with Gasteiger partial charge in [-0.3, -0.25) is 4.79 Å². The SMILES string of the molecule is COCCn1c(C(=O)N2CCCOC(CF)C2)cc2ccccc21. The minimum absolute atomic E-state index is 0.0775. The first-order chi connectivity index (χ1) is 11.7. The molecule has 1 saturated heterocycles. The molecule has 0 N–H and O–H groups in total. The largest absolute Gasteiger partial charge is 0.383 e. The molecule has 1 amide bonds. The number of methoxy groups -OCH3 is 1. The highest BCUT2D eigenvalue weighted by atomic mass is 19.1. The van der Waals surface area contributed by atoms with Crippen LogP contribution in [0.1, 0.15) is 16.9 Å². The van der Waals surface area contributed by atoms with E-state index in [2.05, 4.69) is 0 Å². The molecule has 130 valence electrons. The van der Waals surface area contributed by atoms with E-state index in [-0.39, 0.29) is 5.91 Å². The molecule has 1 atom stereocenters. The van der Waals surface area contributed by atoms with Gasteiger partial charge in [0.15, 0.2) is 0 Å². The van der Waals surface area contributed by atoms with Crippen molar-refractivity contribution in [2.45, 2.75) is 19.1 Å². The number of fused-ring (bicyclic) bond motifs is 1. The number of amides is 1. The summed E-state index contributed by atoms with van der Waals surface area (Å²) in [5.74, 6) is -0.0775. The minimum atomic E-state index is -0.573. The summed E-state index contributed by atoms with van der Waals surface area (Å²) < 4.78 is 25.6. The first-order valence-corrected chi connectivity index (χ1v) is 8.28. The van der Waals surface area contributed by atoms with Gasteiger partial charge < -0.3 is 18.9 Å². The Kier molecular flexibility index (Phi) is 5.48. The Hall–Kier alpha value is -1.92. The molecule has 1 aliphatic heterocycles. The summed E-state index contributed by atoms with van der Waals surface area (Å²) >= 11 is 0. The van der Waals surface area contributed by atoms with Gasteiger partial charge in [0, 0.05) is 44.3 Å². The van der Waals surface area contributed by atoms with Crippen molar-refractivity contribution in [1.29, 1.82) is 0 Å². The van der Waals surface area contributed by atoms with Gasteiger partial charge in [0.1, 0.15) is 18.5 Å². The second-order valence-electron chi connectivity index (χ2n) is 5.98. The fourth-order valence-corrected chi connectivity index (χ4v) is 3.15. The molecule has 0 radical (unpaired) electrons. The number of carbonyl (C=O) groups excluding carboxylic acids is 1. The van der Waals surface area contributed by atoms with E-state index in [1.165, 1.54) is 0 Å². The van der Waals surface area contributed by atoms with Gasteiger partial charge in [0.25, 0.3) is 5.91 Å². The van der Waals surface area contributed by atoms with Crippen LogP contribution >= 0.6 is 0 Å². The third-order valence-electron chi connectivity index (χ3n) is 4.36. The molecule has 1 fully saturated rings. The number of benzene rings is 1. The number of para-hydroxylation sites is 1. The smallest absolute Gasteiger partial charge is 0.270 e. The standard InChI is InChI=1S/C18H23FN2O3/c1-23-10-8-21-16-6-3-2-5-14(16)11-17(21)18(22)20-7-4-9-24-15(12-19)13-20/h2-3,5-6,11,15H,4,7-10,12-13H2,1H3.